The molecule has 1 aliphatic heterocycles. The Balaban J connectivity index is 2.20. The van der Waals surface area contributed by atoms with Crippen LogP contribution in [-0.2, 0) is 19.7 Å². The topological polar surface area (TPSA) is 47.6 Å². The van der Waals surface area contributed by atoms with Gasteiger partial charge in [-0.2, -0.15) is 0 Å². The highest BCUT2D eigenvalue weighted by atomic mass is 35.5. The lowest BCUT2D eigenvalue weighted by Crippen LogP contribution is -2.48. The number of carbonyl (C=O) groups is 1. The first-order chi connectivity index (χ1) is 10.6. The average molecular weight is 326 g/mol. The number of hydrogen-bond donors (Lipinski definition) is 1. The summed E-state index contributed by atoms with van der Waals surface area (Å²) in [5.74, 6) is -0.219. The summed E-state index contributed by atoms with van der Waals surface area (Å²) < 4.78 is 10.4. The van der Waals surface area contributed by atoms with Gasteiger partial charge in [0.05, 0.1) is 7.11 Å². The van der Waals surface area contributed by atoms with Crippen LogP contribution >= 0.6 is 11.6 Å². The van der Waals surface area contributed by atoms with Crippen molar-refractivity contribution >= 4 is 17.6 Å². The van der Waals surface area contributed by atoms with E-state index in [0.29, 0.717) is 26.2 Å². The first-order valence-corrected chi connectivity index (χ1v) is 8.15. The van der Waals surface area contributed by atoms with Crippen molar-refractivity contribution in [3.63, 3.8) is 0 Å². The Labute approximate surface area is 137 Å². The van der Waals surface area contributed by atoms with Gasteiger partial charge in [0.25, 0.3) is 0 Å². The minimum atomic E-state index is -0.285. The first-order valence-electron chi connectivity index (χ1n) is 7.77. The maximum Gasteiger partial charge on any atom is 0.322 e. The molecule has 0 aliphatic carbocycles. The van der Waals surface area contributed by atoms with Crippen molar-refractivity contribution < 1.29 is 14.3 Å². The third-order valence-corrected chi connectivity index (χ3v) is 4.81. The second kappa shape index (κ2) is 7.95. The lowest BCUT2D eigenvalue weighted by Gasteiger charge is -2.39. The van der Waals surface area contributed by atoms with E-state index >= 15 is 0 Å². The molecule has 2 rings (SSSR count). The van der Waals surface area contributed by atoms with Crippen molar-refractivity contribution in [1.29, 1.82) is 0 Å². The van der Waals surface area contributed by atoms with E-state index in [-0.39, 0.29) is 17.4 Å². The zero-order valence-corrected chi connectivity index (χ0v) is 14.0. The number of rotatable bonds is 6. The molecule has 22 heavy (non-hydrogen) atoms. The van der Waals surface area contributed by atoms with Crippen LogP contribution in [0.2, 0.25) is 5.02 Å². The Hall–Kier alpha value is -1.10. The van der Waals surface area contributed by atoms with Gasteiger partial charge in [-0.25, -0.2) is 0 Å². The van der Waals surface area contributed by atoms with Crippen LogP contribution in [0.5, 0.6) is 0 Å². The van der Waals surface area contributed by atoms with Crippen molar-refractivity contribution in [2.75, 3.05) is 26.9 Å². The molecular weight excluding hydrogens is 302 g/mol. The van der Waals surface area contributed by atoms with Crippen LogP contribution in [0.25, 0.3) is 0 Å². The van der Waals surface area contributed by atoms with E-state index in [1.807, 2.05) is 25.1 Å². The number of hydrogen-bond acceptors (Lipinski definition) is 4. The molecule has 0 spiro atoms. The summed E-state index contributed by atoms with van der Waals surface area (Å²) in [6.45, 7) is 4.08. The van der Waals surface area contributed by atoms with Crippen LogP contribution in [0.4, 0.5) is 0 Å². The van der Waals surface area contributed by atoms with Crippen LogP contribution in [0.15, 0.2) is 24.3 Å². The van der Waals surface area contributed by atoms with E-state index in [0.717, 1.165) is 23.4 Å². The van der Waals surface area contributed by atoms with Gasteiger partial charge in [-0.15, -0.1) is 0 Å². The largest absolute Gasteiger partial charge is 0.468 e. The molecule has 0 saturated carbocycles. The standard InChI is InChI=1S/C17H24ClNO3/c1-3-15(16(20)21-2)19-12-17(8-10-22-11-9-17)13-6-4-5-7-14(13)18/h4-7,15,19H,3,8-12H2,1-2H3. The smallest absolute Gasteiger partial charge is 0.322 e. The molecule has 1 aliphatic rings. The minimum Gasteiger partial charge on any atom is -0.468 e. The van der Waals surface area contributed by atoms with Crippen LogP contribution in [0.1, 0.15) is 31.7 Å². The lowest BCUT2D eigenvalue weighted by molar-refractivity contribution is -0.143. The van der Waals surface area contributed by atoms with E-state index in [4.69, 9.17) is 21.1 Å². The van der Waals surface area contributed by atoms with Gasteiger partial charge in [-0.1, -0.05) is 36.7 Å². The van der Waals surface area contributed by atoms with Crippen LogP contribution in [0, 0.1) is 0 Å². The van der Waals surface area contributed by atoms with Crippen LogP contribution in [-0.4, -0.2) is 38.9 Å². The molecule has 1 aromatic carbocycles. The molecule has 0 aromatic heterocycles. The van der Waals surface area contributed by atoms with E-state index in [9.17, 15) is 4.79 Å². The average Bonchev–Trinajstić information content (AvgIpc) is 2.56. The van der Waals surface area contributed by atoms with Crippen molar-refractivity contribution in [1.82, 2.24) is 5.32 Å². The third kappa shape index (κ3) is 3.80. The summed E-state index contributed by atoms with van der Waals surface area (Å²) in [6, 6.07) is 7.67. The minimum absolute atomic E-state index is 0.0992. The summed E-state index contributed by atoms with van der Waals surface area (Å²) >= 11 is 6.43. The van der Waals surface area contributed by atoms with Crippen molar-refractivity contribution in [3.8, 4) is 0 Å². The van der Waals surface area contributed by atoms with Crippen molar-refractivity contribution in [2.45, 2.75) is 37.6 Å². The molecule has 1 fully saturated rings. The molecule has 1 heterocycles. The zero-order chi connectivity index (χ0) is 16.0. The Morgan fingerprint density at radius 2 is 2.09 bits per heavy atom. The SMILES string of the molecule is CCC(NCC1(c2ccccc2Cl)CCOCC1)C(=O)OC. The van der Waals surface area contributed by atoms with Crippen LogP contribution < -0.4 is 5.32 Å². The Morgan fingerprint density at radius 1 is 1.41 bits per heavy atom. The number of halogens is 1. The number of nitrogens with one attached hydrogen (secondary N) is 1. The number of methoxy groups -OCH3 is 1. The van der Waals surface area contributed by atoms with Crippen LogP contribution in [0.3, 0.4) is 0 Å². The second-order valence-corrected chi connectivity index (χ2v) is 6.14. The molecule has 1 aromatic rings. The second-order valence-electron chi connectivity index (χ2n) is 5.74. The first kappa shape index (κ1) is 17.3. The highest BCUT2D eigenvalue weighted by molar-refractivity contribution is 6.31. The van der Waals surface area contributed by atoms with E-state index in [2.05, 4.69) is 11.4 Å². The van der Waals surface area contributed by atoms with E-state index in [1.54, 1.807) is 0 Å². The molecule has 5 heteroatoms. The fourth-order valence-corrected chi connectivity index (χ4v) is 3.39. The molecule has 1 unspecified atom stereocenters. The summed E-state index contributed by atoms with van der Waals surface area (Å²) in [4.78, 5) is 11.8. The fourth-order valence-electron chi connectivity index (χ4n) is 3.05. The molecular formula is C17H24ClNO3. The van der Waals surface area contributed by atoms with Gasteiger partial charge in [0.1, 0.15) is 6.04 Å². The highest BCUT2D eigenvalue weighted by Gasteiger charge is 2.36. The Morgan fingerprint density at radius 3 is 2.68 bits per heavy atom. The third-order valence-electron chi connectivity index (χ3n) is 4.48. The molecule has 1 saturated heterocycles. The number of benzene rings is 1. The summed E-state index contributed by atoms with van der Waals surface area (Å²) in [6.07, 6.45) is 2.48. The molecule has 122 valence electrons. The van der Waals surface area contributed by atoms with Gasteiger partial charge < -0.3 is 14.8 Å². The summed E-state index contributed by atoms with van der Waals surface area (Å²) in [5.41, 5.74) is 1.03. The fraction of sp³-hybridized carbons (Fsp3) is 0.588. The van der Waals surface area contributed by atoms with Crippen molar-refractivity contribution in [3.05, 3.63) is 34.9 Å². The Bertz CT molecular complexity index is 500. The normalized spacial score (nSPS) is 18.7. The van der Waals surface area contributed by atoms with Gasteiger partial charge >= 0.3 is 5.97 Å². The number of carbonyl (C=O) groups excluding carboxylic acids is 1. The predicted octanol–water partition coefficient (Wildman–Crippen LogP) is 2.93. The Kier molecular flexibility index (Phi) is 6.24. The van der Waals surface area contributed by atoms with Gasteiger partial charge in [0.2, 0.25) is 0 Å². The van der Waals surface area contributed by atoms with Gasteiger partial charge in [-0.05, 0) is 30.9 Å². The summed E-state index contributed by atoms with van der Waals surface area (Å²) in [5, 5.41) is 4.14. The van der Waals surface area contributed by atoms with E-state index < -0.39 is 0 Å². The van der Waals surface area contributed by atoms with Gasteiger partial charge in [-0.3, -0.25) is 4.79 Å². The maximum atomic E-state index is 11.8. The molecule has 0 radical (unpaired) electrons. The quantitative estimate of drug-likeness (QED) is 0.817. The molecule has 1 N–H and O–H groups in total. The zero-order valence-electron chi connectivity index (χ0n) is 13.2. The number of esters is 1. The van der Waals surface area contributed by atoms with Crippen molar-refractivity contribution in [2.24, 2.45) is 0 Å². The highest BCUT2D eigenvalue weighted by Crippen LogP contribution is 2.38. The molecule has 4 nitrogen and oxygen atoms in total. The molecule has 0 bridgehead atoms. The summed E-state index contributed by atoms with van der Waals surface area (Å²) in [7, 11) is 1.42. The monoisotopic (exact) mass is 325 g/mol. The van der Waals surface area contributed by atoms with Gasteiger partial charge in [0.15, 0.2) is 0 Å². The number of ether oxygens (including phenoxy) is 2. The van der Waals surface area contributed by atoms with E-state index in [1.165, 1.54) is 7.11 Å². The lowest BCUT2D eigenvalue weighted by atomic mass is 9.74. The predicted molar refractivity (Wildman–Crippen MR) is 87.3 cm³/mol. The molecule has 0 amide bonds. The maximum absolute atomic E-state index is 11.8. The molecule has 1 atom stereocenters. The van der Waals surface area contributed by atoms with Gasteiger partial charge in [0, 0.05) is 30.2 Å².